The third-order valence-corrected chi connectivity index (χ3v) is 6.37. The fraction of sp³-hybridized carbons (Fsp3) is 0.345. The van der Waals surface area contributed by atoms with Crippen LogP contribution in [0.1, 0.15) is 11.1 Å². The number of carboxylic acids is 1. The summed E-state index contributed by atoms with van der Waals surface area (Å²) in [6, 6.07) is 12.0. The Morgan fingerprint density at radius 3 is 2.63 bits per heavy atom. The van der Waals surface area contributed by atoms with Crippen molar-refractivity contribution in [2.24, 2.45) is 11.1 Å². The van der Waals surface area contributed by atoms with Gasteiger partial charge in [0.1, 0.15) is 31.8 Å². The van der Waals surface area contributed by atoms with Crippen LogP contribution in [0.5, 0.6) is 11.5 Å². The number of benzene rings is 2. The van der Waals surface area contributed by atoms with E-state index in [0.29, 0.717) is 29.2 Å². The largest absolute Gasteiger partial charge is 0.492 e. The number of carboxylic acid groups (broad SMARTS) is 1. The van der Waals surface area contributed by atoms with Gasteiger partial charge < -0.3 is 29.1 Å². The molecular formula is C29H29F3N2O7. The molecule has 9 nitrogen and oxygen atoms in total. The standard InChI is InChI=1S/C29H29F3N2O7/c1-38-33-23-5-3-2-4-21(23)14-20-8-11-24-25(16-20)40-17-27(35)34(24)12-13-39-22-9-6-19(7-10-22)15-26(28(36)37)41-18-29(30,31)32/h2-11,16,21,26H,12-15,17-18H2,1H3,(H,36,37). The summed E-state index contributed by atoms with van der Waals surface area (Å²) in [6.07, 6.45) is 1.99. The lowest BCUT2D eigenvalue weighted by molar-refractivity contribution is -0.192. The third-order valence-electron chi connectivity index (χ3n) is 6.37. The fourth-order valence-corrected chi connectivity index (χ4v) is 4.43. The summed E-state index contributed by atoms with van der Waals surface area (Å²) in [4.78, 5) is 30.4. The highest BCUT2D eigenvalue weighted by Gasteiger charge is 2.31. The highest BCUT2D eigenvalue weighted by atomic mass is 19.4. The molecule has 0 saturated heterocycles. The van der Waals surface area contributed by atoms with E-state index in [1.807, 2.05) is 42.5 Å². The zero-order valence-corrected chi connectivity index (χ0v) is 22.2. The quantitative estimate of drug-likeness (QED) is 0.376. The van der Waals surface area contributed by atoms with Crippen molar-refractivity contribution in [2.75, 3.05) is 38.4 Å². The highest BCUT2D eigenvalue weighted by Crippen LogP contribution is 2.34. The smallest absolute Gasteiger partial charge is 0.411 e. The molecule has 0 fully saturated rings. The molecule has 1 N–H and O–H groups in total. The summed E-state index contributed by atoms with van der Waals surface area (Å²) in [5.74, 6) is -0.604. The van der Waals surface area contributed by atoms with Crippen LogP contribution in [-0.4, -0.2) is 68.5 Å². The van der Waals surface area contributed by atoms with Crippen molar-refractivity contribution in [1.82, 2.24) is 0 Å². The minimum absolute atomic E-state index is 0.0431. The van der Waals surface area contributed by atoms with E-state index in [1.54, 1.807) is 29.2 Å². The topological polar surface area (TPSA) is 107 Å². The van der Waals surface area contributed by atoms with E-state index in [0.717, 1.165) is 11.3 Å². The molecule has 2 aromatic rings. The van der Waals surface area contributed by atoms with Crippen LogP contribution >= 0.6 is 0 Å². The molecule has 0 aromatic heterocycles. The Labute approximate surface area is 234 Å². The van der Waals surface area contributed by atoms with Gasteiger partial charge in [0, 0.05) is 12.3 Å². The number of ether oxygens (including phenoxy) is 3. The summed E-state index contributed by atoms with van der Waals surface area (Å²) >= 11 is 0. The number of carbonyl (C=O) groups is 2. The van der Waals surface area contributed by atoms with E-state index in [4.69, 9.17) is 19.4 Å². The molecule has 41 heavy (non-hydrogen) atoms. The van der Waals surface area contributed by atoms with Crippen LogP contribution in [0, 0.1) is 5.92 Å². The van der Waals surface area contributed by atoms with Crippen LogP contribution in [0.15, 0.2) is 71.9 Å². The van der Waals surface area contributed by atoms with Gasteiger partial charge >= 0.3 is 12.1 Å². The number of carbonyl (C=O) groups excluding carboxylic acids is 1. The van der Waals surface area contributed by atoms with Crippen molar-refractivity contribution in [3.8, 4) is 11.5 Å². The molecule has 218 valence electrons. The maximum atomic E-state index is 12.6. The molecule has 0 bridgehead atoms. The van der Waals surface area contributed by atoms with Crippen LogP contribution < -0.4 is 14.4 Å². The second-order valence-electron chi connectivity index (χ2n) is 9.34. The SMILES string of the molecule is CON=C1C=CC=CC1Cc1ccc2c(c1)OCC(=O)N2CCOc1ccc(CC(OCC(F)(F)F)C(=O)O)cc1. The van der Waals surface area contributed by atoms with Crippen molar-refractivity contribution in [1.29, 1.82) is 0 Å². The Hall–Kier alpha value is -4.32. The average Bonchev–Trinajstić information content (AvgIpc) is 2.93. The highest BCUT2D eigenvalue weighted by molar-refractivity contribution is 5.99. The van der Waals surface area contributed by atoms with E-state index in [9.17, 15) is 22.8 Å². The van der Waals surface area contributed by atoms with Gasteiger partial charge in [-0.15, -0.1) is 0 Å². The van der Waals surface area contributed by atoms with E-state index in [-0.39, 0.29) is 38.0 Å². The Morgan fingerprint density at radius 2 is 1.93 bits per heavy atom. The molecule has 2 atom stereocenters. The number of aliphatic carboxylic acids is 1. The summed E-state index contributed by atoms with van der Waals surface area (Å²) in [5, 5.41) is 13.2. The van der Waals surface area contributed by atoms with Crippen LogP contribution in [-0.2, 0) is 32.0 Å². The average molecular weight is 575 g/mol. The van der Waals surface area contributed by atoms with Crippen LogP contribution in [0.4, 0.5) is 18.9 Å². The maximum absolute atomic E-state index is 12.6. The molecule has 12 heteroatoms. The first-order valence-corrected chi connectivity index (χ1v) is 12.8. The molecule has 1 amide bonds. The Bertz CT molecular complexity index is 1320. The number of oxime groups is 1. The number of amides is 1. The van der Waals surface area contributed by atoms with Crippen molar-refractivity contribution in [3.05, 3.63) is 77.9 Å². The first-order chi connectivity index (χ1) is 19.6. The van der Waals surface area contributed by atoms with Gasteiger partial charge in [0.25, 0.3) is 5.91 Å². The van der Waals surface area contributed by atoms with E-state index in [1.165, 1.54) is 7.11 Å². The molecule has 1 aliphatic heterocycles. The Morgan fingerprint density at radius 1 is 1.17 bits per heavy atom. The van der Waals surface area contributed by atoms with Crippen LogP contribution in [0.3, 0.4) is 0 Å². The number of allylic oxidation sites excluding steroid dienone is 4. The van der Waals surface area contributed by atoms with E-state index in [2.05, 4.69) is 9.89 Å². The van der Waals surface area contributed by atoms with E-state index < -0.39 is 24.9 Å². The number of rotatable bonds is 12. The molecule has 4 rings (SSSR count). The van der Waals surface area contributed by atoms with Crippen molar-refractivity contribution < 1.29 is 46.9 Å². The maximum Gasteiger partial charge on any atom is 0.411 e. The minimum Gasteiger partial charge on any atom is -0.492 e. The molecule has 0 radical (unpaired) electrons. The van der Waals surface area contributed by atoms with Gasteiger partial charge in [0.15, 0.2) is 12.7 Å². The normalized spacial score (nSPS) is 18.1. The number of anilines is 1. The number of alkyl halides is 3. The van der Waals surface area contributed by atoms with Gasteiger partial charge in [-0.3, -0.25) is 4.79 Å². The number of nitrogens with zero attached hydrogens (tertiary/aromatic N) is 2. The molecule has 2 aromatic carbocycles. The molecule has 0 spiro atoms. The van der Waals surface area contributed by atoms with Gasteiger partial charge in [-0.25, -0.2) is 4.79 Å². The minimum atomic E-state index is -4.62. The van der Waals surface area contributed by atoms with Gasteiger partial charge in [-0.05, 0) is 47.9 Å². The molecular weight excluding hydrogens is 545 g/mol. The predicted octanol–water partition coefficient (Wildman–Crippen LogP) is 4.35. The third kappa shape index (κ3) is 8.34. The summed E-state index contributed by atoms with van der Waals surface area (Å²) in [6.45, 7) is -1.33. The summed E-state index contributed by atoms with van der Waals surface area (Å²) in [5.41, 5.74) is 2.93. The Balaban J connectivity index is 1.33. The first kappa shape index (κ1) is 29.7. The zero-order chi connectivity index (χ0) is 29.4. The van der Waals surface area contributed by atoms with Crippen LogP contribution in [0.2, 0.25) is 0 Å². The van der Waals surface area contributed by atoms with E-state index >= 15 is 0 Å². The van der Waals surface area contributed by atoms with Crippen molar-refractivity contribution in [2.45, 2.75) is 25.1 Å². The zero-order valence-electron chi connectivity index (χ0n) is 22.2. The summed E-state index contributed by atoms with van der Waals surface area (Å²) in [7, 11) is 1.51. The lowest BCUT2D eigenvalue weighted by Gasteiger charge is -2.30. The lowest BCUT2D eigenvalue weighted by atomic mass is 9.91. The van der Waals surface area contributed by atoms with Crippen LogP contribution in [0.25, 0.3) is 0 Å². The predicted molar refractivity (Wildman–Crippen MR) is 143 cm³/mol. The van der Waals surface area contributed by atoms with Gasteiger partial charge in [0.05, 0.1) is 17.9 Å². The molecule has 2 unspecified atom stereocenters. The first-order valence-electron chi connectivity index (χ1n) is 12.8. The lowest BCUT2D eigenvalue weighted by Crippen LogP contribution is -2.41. The Kier molecular flexibility index (Phi) is 9.66. The second-order valence-corrected chi connectivity index (χ2v) is 9.34. The number of fused-ring (bicyclic) bond motifs is 1. The molecule has 1 heterocycles. The summed E-state index contributed by atoms with van der Waals surface area (Å²) < 4.78 is 53.2. The number of hydrogen-bond acceptors (Lipinski definition) is 7. The number of halogens is 3. The van der Waals surface area contributed by atoms with Crippen molar-refractivity contribution >= 4 is 23.3 Å². The number of hydrogen-bond donors (Lipinski definition) is 1. The van der Waals surface area contributed by atoms with Gasteiger partial charge in [0.2, 0.25) is 0 Å². The fourth-order valence-electron chi connectivity index (χ4n) is 4.43. The van der Waals surface area contributed by atoms with Crippen molar-refractivity contribution in [3.63, 3.8) is 0 Å². The van der Waals surface area contributed by atoms with Gasteiger partial charge in [-0.1, -0.05) is 41.6 Å². The molecule has 0 saturated carbocycles. The molecule has 1 aliphatic carbocycles. The second kappa shape index (κ2) is 13.4. The van der Waals surface area contributed by atoms with Gasteiger partial charge in [-0.2, -0.15) is 13.2 Å². The molecule has 2 aliphatic rings. The monoisotopic (exact) mass is 574 g/mol.